The molecule has 1 saturated heterocycles. The highest BCUT2D eigenvalue weighted by Gasteiger charge is 2.39. The van der Waals surface area contributed by atoms with Crippen LogP contribution in [0.1, 0.15) is 38.7 Å². The lowest BCUT2D eigenvalue weighted by Gasteiger charge is -2.34. The fraction of sp³-hybridized carbons (Fsp3) is 0.650. The summed E-state index contributed by atoms with van der Waals surface area (Å²) >= 11 is 0. The van der Waals surface area contributed by atoms with Crippen LogP contribution >= 0.6 is 12.4 Å². The Morgan fingerprint density at radius 3 is 2.52 bits per heavy atom. The van der Waals surface area contributed by atoms with E-state index in [1.807, 2.05) is 18.2 Å². The molecule has 7 heteroatoms. The first kappa shape index (κ1) is 23.5. The van der Waals surface area contributed by atoms with Crippen LogP contribution in [-0.4, -0.2) is 45.4 Å². The van der Waals surface area contributed by atoms with Crippen molar-refractivity contribution in [2.24, 2.45) is 5.92 Å². The van der Waals surface area contributed by atoms with Gasteiger partial charge in [0.25, 0.3) is 5.91 Å². The van der Waals surface area contributed by atoms with Crippen LogP contribution in [0.2, 0.25) is 0 Å². The average molecular weight is 401 g/mol. The van der Waals surface area contributed by atoms with Gasteiger partial charge < -0.3 is 24.8 Å². The minimum Gasteiger partial charge on any atom is -0.493 e. The SMILES string of the molecule is COc1cc(CNC(=O)C2(OC)CCNCC2)ccc1OCCC(C)C.Cl. The van der Waals surface area contributed by atoms with Gasteiger partial charge in [0.2, 0.25) is 0 Å². The molecule has 0 unspecified atom stereocenters. The van der Waals surface area contributed by atoms with Crippen molar-refractivity contribution in [2.45, 2.75) is 45.3 Å². The zero-order valence-electron chi connectivity index (χ0n) is 16.8. The number of rotatable bonds is 9. The number of piperidine rings is 1. The summed E-state index contributed by atoms with van der Waals surface area (Å²) in [6, 6.07) is 5.76. The Morgan fingerprint density at radius 2 is 1.93 bits per heavy atom. The third-order valence-electron chi connectivity index (χ3n) is 4.85. The Hall–Kier alpha value is -1.50. The lowest BCUT2D eigenvalue weighted by molar-refractivity contribution is -0.146. The first-order chi connectivity index (χ1) is 12.5. The summed E-state index contributed by atoms with van der Waals surface area (Å²) in [6.07, 6.45) is 2.36. The van der Waals surface area contributed by atoms with Crippen molar-refractivity contribution >= 4 is 18.3 Å². The van der Waals surface area contributed by atoms with Gasteiger partial charge >= 0.3 is 0 Å². The van der Waals surface area contributed by atoms with Crippen LogP contribution in [-0.2, 0) is 16.1 Å². The summed E-state index contributed by atoms with van der Waals surface area (Å²) in [6.45, 7) is 7.01. The third kappa shape index (κ3) is 6.55. The van der Waals surface area contributed by atoms with Gasteiger partial charge in [-0.15, -0.1) is 12.4 Å². The van der Waals surface area contributed by atoms with Crippen LogP contribution < -0.4 is 20.1 Å². The molecule has 1 aliphatic rings. The first-order valence-corrected chi connectivity index (χ1v) is 9.34. The third-order valence-corrected chi connectivity index (χ3v) is 4.85. The fourth-order valence-corrected chi connectivity index (χ4v) is 3.04. The molecule has 1 fully saturated rings. The lowest BCUT2D eigenvalue weighted by atomic mass is 9.91. The van der Waals surface area contributed by atoms with Gasteiger partial charge in [0, 0.05) is 13.7 Å². The van der Waals surface area contributed by atoms with Crippen LogP contribution in [0.4, 0.5) is 0 Å². The van der Waals surface area contributed by atoms with E-state index >= 15 is 0 Å². The normalized spacial score (nSPS) is 15.7. The fourth-order valence-electron chi connectivity index (χ4n) is 3.04. The molecule has 1 aromatic carbocycles. The predicted octanol–water partition coefficient (Wildman–Crippen LogP) is 2.93. The highest BCUT2D eigenvalue weighted by Crippen LogP contribution is 2.29. The first-order valence-electron chi connectivity index (χ1n) is 9.34. The van der Waals surface area contributed by atoms with E-state index in [1.165, 1.54) is 0 Å². The van der Waals surface area contributed by atoms with E-state index in [0.717, 1.165) is 30.8 Å². The molecule has 0 radical (unpaired) electrons. The second kappa shape index (κ2) is 11.4. The number of methoxy groups -OCH3 is 2. The minimum atomic E-state index is -0.727. The summed E-state index contributed by atoms with van der Waals surface area (Å²) in [7, 11) is 3.24. The number of hydrogen-bond acceptors (Lipinski definition) is 5. The van der Waals surface area contributed by atoms with Crippen LogP contribution in [0.5, 0.6) is 11.5 Å². The van der Waals surface area contributed by atoms with Gasteiger partial charge in [-0.1, -0.05) is 19.9 Å². The van der Waals surface area contributed by atoms with Gasteiger partial charge in [-0.2, -0.15) is 0 Å². The molecule has 0 aromatic heterocycles. The van der Waals surface area contributed by atoms with Crippen LogP contribution in [0, 0.1) is 5.92 Å². The van der Waals surface area contributed by atoms with E-state index in [4.69, 9.17) is 14.2 Å². The molecule has 154 valence electrons. The number of carbonyl (C=O) groups is 1. The van der Waals surface area contributed by atoms with E-state index in [0.29, 0.717) is 37.7 Å². The largest absolute Gasteiger partial charge is 0.493 e. The van der Waals surface area contributed by atoms with Gasteiger partial charge in [0.1, 0.15) is 5.60 Å². The van der Waals surface area contributed by atoms with Gasteiger partial charge in [0.05, 0.1) is 13.7 Å². The number of hydrogen-bond donors (Lipinski definition) is 2. The van der Waals surface area contributed by atoms with E-state index in [2.05, 4.69) is 24.5 Å². The van der Waals surface area contributed by atoms with Gasteiger partial charge in [-0.25, -0.2) is 0 Å². The quantitative estimate of drug-likeness (QED) is 0.667. The molecule has 0 atom stereocenters. The summed E-state index contributed by atoms with van der Waals surface area (Å²) in [5.41, 5.74) is 0.237. The minimum absolute atomic E-state index is 0. The zero-order valence-corrected chi connectivity index (χ0v) is 17.6. The highest BCUT2D eigenvalue weighted by molar-refractivity contribution is 5.85. The number of ether oxygens (including phenoxy) is 3. The number of benzene rings is 1. The van der Waals surface area contributed by atoms with Crippen molar-refractivity contribution in [2.75, 3.05) is 33.9 Å². The van der Waals surface area contributed by atoms with Crippen molar-refractivity contribution in [1.29, 1.82) is 0 Å². The molecule has 0 spiro atoms. The number of nitrogens with one attached hydrogen (secondary N) is 2. The predicted molar refractivity (Wildman–Crippen MR) is 109 cm³/mol. The molecule has 2 rings (SSSR count). The number of halogens is 1. The topological polar surface area (TPSA) is 68.8 Å². The van der Waals surface area contributed by atoms with E-state index in [9.17, 15) is 4.79 Å². The molecular weight excluding hydrogens is 368 g/mol. The maximum atomic E-state index is 12.6. The van der Waals surface area contributed by atoms with Crippen molar-refractivity contribution < 1.29 is 19.0 Å². The molecule has 6 nitrogen and oxygen atoms in total. The Labute approximate surface area is 168 Å². The zero-order chi connectivity index (χ0) is 19.0. The second-order valence-electron chi connectivity index (χ2n) is 7.15. The van der Waals surface area contributed by atoms with Crippen LogP contribution in [0.25, 0.3) is 0 Å². The summed E-state index contributed by atoms with van der Waals surface area (Å²) in [4.78, 5) is 12.6. The van der Waals surface area contributed by atoms with E-state index in [-0.39, 0.29) is 18.3 Å². The molecule has 1 aliphatic heterocycles. The Morgan fingerprint density at radius 1 is 1.22 bits per heavy atom. The monoisotopic (exact) mass is 400 g/mol. The number of carbonyl (C=O) groups excluding carboxylic acids is 1. The second-order valence-corrected chi connectivity index (χ2v) is 7.15. The molecule has 27 heavy (non-hydrogen) atoms. The Balaban J connectivity index is 0.00000364. The molecule has 0 saturated carbocycles. The standard InChI is InChI=1S/C20H32N2O4.ClH/c1-15(2)7-12-26-17-6-5-16(13-18(17)24-3)14-22-19(23)20(25-4)8-10-21-11-9-20;/h5-6,13,15,21H,7-12,14H2,1-4H3,(H,22,23);1H. The Bertz CT molecular complexity index is 589. The summed E-state index contributed by atoms with van der Waals surface area (Å²) in [5.74, 6) is 1.95. The molecule has 2 N–H and O–H groups in total. The molecule has 0 bridgehead atoms. The summed E-state index contributed by atoms with van der Waals surface area (Å²) in [5, 5.41) is 6.26. The molecule has 0 aliphatic carbocycles. The van der Waals surface area contributed by atoms with Gasteiger partial charge in [-0.3, -0.25) is 4.79 Å². The highest BCUT2D eigenvalue weighted by atomic mass is 35.5. The number of amides is 1. The average Bonchev–Trinajstić information content (AvgIpc) is 2.66. The molecule has 1 aromatic rings. The molecule has 1 heterocycles. The van der Waals surface area contributed by atoms with Crippen molar-refractivity contribution in [1.82, 2.24) is 10.6 Å². The van der Waals surface area contributed by atoms with Gasteiger partial charge in [0.15, 0.2) is 11.5 Å². The maximum absolute atomic E-state index is 12.6. The Kier molecular flexibility index (Phi) is 9.91. The lowest BCUT2D eigenvalue weighted by Crippen LogP contribution is -2.53. The van der Waals surface area contributed by atoms with Crippen LogP contribution in [0.3, 0.4) is 0 Å². The van der Waals surface area contributed by atoms with Crippen molar-refractivity contribution in [3.8, 4) is 11.5 Å². The van der Waals surface area contributed by atoms with Crippen molar-refractivity contribution in [3.05, 3.63) is 23.8 Å². The molecular formula is C20H33ClN2O4. The van der Waals surface area contributed by atoms with E-state index in [1.54, 1.807) is 14.2 Å². The van der Waals surface area contributed by atoms with E-state index < -0.39 is 5.60 Å². The smallest absolute Gasteiger partial charge is 0.252 e. The van der Waals surface area contributed by atoms with Crippen molar-refractivity contribution in [3.63, 3.8) is 0 Å². The maximum Gasteiger partial charge on any atom is 0.252 e. The van der Waals surface area contributed by atoms with Crippen LogP contribution in [0.15, 0.2) is 18.2 Å². The summed E-state index contributed by atoms with van der Waals surface area (Å²) < 4.78 is 16.8. The molecule has 1 amide bonds. The van der Waals surface area contributed by atoms with Gasteiger partial charge in [-0.05, 0) is 56.0 Å².